The first-order chi connectivity index (χ1) is 11.8. The number of amides is 2. The Hall–Kier alpha value is -2.13. The van der Waals surface area contributed by atoms with Crippen molar-refractivity contribution in [3.63, 3.8) is 0 Å². The first-order valence-electron chi connectivity index (χ1n) is 7.59. The van der Waals surface area contributed by atoms with Crippen LogP contribution in [0.1, 0.15) is 27.6 Å². The van der Waals surface area contributed by atoms with Crippen LogP contribution >= 0.6 is 0 Å². The first kappa shape index (κ1) is 19.2. The monoisotopic (exact) mass is 363 g/mol. The molecule has 1 N–H and O–H groups in total. The molecule has 25 heavy (non-hydrogen) atoms. The second kappa shape index (κ2) is 7.83. The summed E-state index contributed by atoms with van der Waals surface area (Å²) in [4.78, 5) is 25.9. The van der Waals surface area contributed by atoms with Crippen molar-refractivity contribution in [2.45, 2.75) is 25.1 Å². The highest BCUT2D eigenvalue weighted by atomic mass is 32.2. The molecule has 1 aromatic carbocycles. The predicted octanol–water partition coefficient (Wildman–Crippen LogP) is 0.869. The molecule has 0 fully saturated rings. The molecule has 7 nitrogen and oxygen atoms in total. The maximum absolute atomic E-state index is 12.5. The summed E-state index contributed by atoms with van der Waals surface area (Å²) in [5.41, 5.74) is 0.491. The Kier molecular flexibility index (Phi) is 6.02. The maximum Gasteiger partial charge on any atom is 0.262 e. The highest BCUT2D eigenvalue weighted by Gasteiger charge is 2.41. The summed E-state index contributed by atoms with van der Waals surface area (Å²) in [5.74, 6) is -1.09. The summed E-state index contributed by atoms with van der Waals surface area (Å²) in [7, 11) is 0. The molecule has 0 spiro atoms. The zero-order valence-corrected chi connectivity index (χ0v) is 14.5. The van der Waals surface area contributed by atoms with Crippen molar-refractivity contribution in [2.24, 2.45) is 0 Å². The quantitative estimate of drug-likeness (QED) is 0.419. The molecule has 4 atom stereocenters. The van der Waals surface area contributed by atoms with Crippen molar-refractivity contribution in [3.8, 4) is 0 Å². The molecule has 1 aliphatic heterocycles. The van der Waals surface area contributed by atoms with Crippen LogP contribution in [0.4, 0.5) is 0 Å². The molecule has 1 heterocycles. The van der Waals surface area contributed by atoms with E-state index < -0.39 is 41.3 Å². The van der Waals surface area contributed by atoms with E-state index in [4.69, 9.17) is 0 Å². The normalized spacial score (nSPS) is 18.6. The fraction of sp³-hybridized carbons (Fsp3) is 0.294. The van der Waals surface area contributed by atoms with Gasteiger partial charge in [-0.25, -0.2) is 4.31 Å². The molecule has 0 saturated heterocycles. The van der Waals surface area contributed by atoms with Crippen LogP contribution in [-0.2, 0) is 11.3 Å². The van der Waals surface area contributed by atoms with Crippen LogP contribution < -0.4 is 0 Å². The first-order valence-corrected chi connectivity index (χ1v) is 8.62. The molecule has 0 aromatic heterocycles. The average Bonchev–Trinajstić information content (AvgIpc) is 2.85. The summed E-state index contributed by atoms with van der Waals surface area (Å²) in [6.45, 7) is 8.39. The van der Waals surface area contributed by atoms with Gasteiger partial charge in [0.15, 0.2) is 0 Å². The van der Waals surface area contributed by atoms with Gasteiger partial charge in [-0.1, -0.05) is 24.3 Å². The highest BCUT2D eigenvalue weighted by molar-refractivity contribution is 7.76. The van der Waals surface area contributed by atoms with Crippen molar-refractivity contribution in [1.82, 2.24) is 9.21 Å². The molecule has 8 heteroatoms. The van der Waals surface area contributed by atoms with Crippen LogP contribution in [0.15, 0.2) is 49.6 Å². The zero-order valence-electron chi connectivity index (χ0n) is 13.7. The van der Waals surface area contributed by atoms with Crippen molar-refractivity contribution in [1.29, 1.82) is 0 Å². The van der Waals surface area contributed by atoms with Crippen molar-refractivity contribution in [3.05, 3.63) is 60.7 Å². The molecular formula is C17H19N2O5S-. The smallest absolute Gasteiger partial charge is 0.262 e. The van der Waals surface area contributed by atoms with E-state index in [9.17, 15) is 23.5 Å². The van der Waals surface area contributed by atoms with Crippen LogP contribution in [0.3, 0.4) is 0 Å². The Balaban J connectivity index is 2.26. The summed E-state index contributed by atoms with van der Waals surface area (Å²) < 4.78 is 23.7. The topological polar surface area (TPSA) is 101 Å². The lowest BCUT2D eigenvalue weighted by atomic mass is 10.1. The van der Waals surface area contributed by atoms with Crippen LogP contribution in [0.25, 0.3) is 0 Å². The molecule has 2 rings (SSSR count). The summed E-state index contributed by atoms with van der Waals surface area (Å²) >= 11 is -2.60. The van der Waals surface area contributed by atoms with Crippen LogP contribution in [0.5, 0.6) is 0 Å². The minimum absolute atomic E-state index is 0.246. The van der Waals surface area contributed by atoms with Crippen molar-refractivity contribution >= 4 is 23.1 Å². The van der Waals surface area contributed by atoms with E-state index in [2.05, 4.69) is 13.2 Å². The molecular weight excluding hydrogens is 344 g/mol. The maximum atomic E-state index is 12.5. The van der Waals surface area contributed by atoms with Gasteiger partial charge in [0, 0.05) is 23.9 Å². The van der Waals surface area contributed by atoms with E-state index in [1.807, 2.05) is 0 Å². The van der Waals surface area contributed by atoms with Gasteiger partial charge in [-0.3, -0.25) is 18.7 Å². The van der Waals surface area contributed by atoms with E-state index in [0.717, 1.165) is 9.21 Å². The molecule has 1 unspecified atom stereocenters. The van der Waals surface area contributed by atoms with Gasteiger partial charge in [-0.15, -0.1) is 13.2 Å². The van der Waals surface area contributed by atoms with E-state index in [0.29, 0.717) is 0 Å². The van der Waals surface area contributed by atoms with Gasteiger partial charge in [0.2, 0.25) is 0 Å². The zero-order chi connectivity index (χ0) is 18.7. The number of aliphatic hydroxyl groups is 1. The second-order valence-corrected chi connectivity index (χ2v) is 6.52. The minimum atomic E-state index is -2.60. The average molecular weight is 363 g/mol. The number of hydrogen-bond acceptors (Lipinski definition) is 5. The molecule has 134 valence electrons. The van der Waals surface area contributed by atoms with Gasteiger partial charge >= 0.3 is 0 Å². The molecule has 0 radical (unpaired) electrons. The standard InChI is InChI=1S/C17H20N2O5S/c1-4-11(3)18(25(23)24)10-15(20)14(5-2)19-16(21)12-8-6-7-9-13(12)17(19)22/h4-9,11,14-15,20H,1-2,10H2,3H3,(H,23,24)/p-1/t11-,14+,15+/m1/s1. The summed E-state index contributed by atoms with van der Waals surface area (Å²) in [6.07, 6.45) is 1.34. The number of carbonyl (C=O) groups excluding carboxylic acids is 2. The van der Waals surface area contributed by atoms with Gasteiger partial charge in [0.05, 0.1) is 23.3 Å². The number of hydrogen-bond donors (Lipinski definition) is 1. The molecule has 1 aromatic rings. The molecule has 0 saturated carbocycles. The van der Waals surface area contributed by atoms with Gasteiger partial charge in [0.1, 0.15) is 0 Å². The fourth-order valence-electron chi connectivity index (χ4n) is 2.69. The van der Waals surface area contributed by atoms with Crippen LogP contribution in [0, 0.1) is 0 Å². The minimum Gasteiger partial charge on any atom is -0.760 e. The fourth-order valence-corrected chi connectivity index (χ4v) is 3.32. The lowest BCUT2D eigenvalue weighted by Crippen LogP contribution is -2.51. The molecule has 2 amide bonds. The lowest BCUT2D eigenvalue weighted by Gasteiger charge is -2.34. The Morgan fingerprint density at radius 2 is 1.76 bits per heavy atom. The number of fused-ring (bicyclic) bond motifs is 1. The Morgan fingerprint density at radius 1 is 1.24 bits per heavy atom. The third-order valence-electron chi connectivity index (χ3n) is 4.11. The predicted molar refractivity (Wildman–Crippen MR) is 92.2 cm³/mol. The van der Waals surface area contributed by atoms with Crippen LogP contribution in [-0.4, -0.2) is 59.6 Å². The van der Waals surface area contributed by atoms with E-state index >= 15 is 0 Å². The van der Waals surface area contributed by atoms with E-state index in [1.165, 1.54) is 24.3 Å². The van der Waals surface area contributed by atoms with Gasteiger partial charge in [0.25, 0.3) is 11.8 Å². The summed E-state index contributed by atoms with van der Waals surface area (Å²) in [6, 6.07) is 4.72. The third-order valence-corrected chi connectivity index (χ3v) is 4.98. The van der Waals surface area contributed by atoms with Gasteiger partial charge in [-0.05, 0) is 19.1 Å². The second-order valence-electron chi connectivity index (χ2n) is 5.61. The van der Waals surface area contributed by atoms with Gasteiger partial charge < -0.3 is 9.66 Å². The Labute approximate surface area is 148 Å². The number of aliphatic hydroxyl groups excluding tert-OH is 1. The van der Waals surface area contributed by atoms with Crippen LogP contribution in [0.2, 0.25) is 0 Å². The Morgan fingerprint density at radius 3 is 2.16 bits per heavy atom. The molecule has 0 aliphatic carbocycles. The van der Waals surface area contributed by atoms with Crippen molar-refractivity contribution < 1.29 is 23.5 Å². The third kappa shape index (κ3) is 3.62. The van der Waals surface area contributed by atoms with E-state index in [1.54, 1.807) is 19.1 Å². The highest BCUT2D eigenvalue weighted by Crippen LogP contribution is 2.26. The number of benzene rings is 1. The van der Waals surface area contributed by atoms with E-state index in [-0.39, 0.29) is 17.7 Å². The largest absolute Gasteiger partial charge is 0.760 e. The molecule has 0 bridgehead atoms. The van der Waals surface area contributed by atoms with Crippen molar-refractivity contribution in [2.75, 3.05) is 6.54 Å². The van der Waals surface area contributed by atoms with Gasteiger partial charge in [-0.2, -0.15) is 0 Å². The number of rotatable bonds is 8. The SMILES string of the molecule is C=C[C@@H](C)N(C[C@H](O)[C@H](C=C)N1C(=O)c2ccccc2C1=O)S(=O)[O-]. The number of carbonyl (C=O) groups is 2. The number of imide groups is 1. The number of nitrogens with zero attached hydrogens (tertiary/aromatic N) is 2. The molecule has 1 aliphatic rings. The Bertz CT molecular complexity index is 701. The lowest BCUT2D eigenvalue weighted by molar-refractivity contribution is 0.0385. The summed E-state index contributed by atoms with van der Waals surface area (Å²) in [5, 5.41) is 10.5.